The van der Waals surface area contributed by atoms with Crippen LogP contribution in [-0.4, -0.2) is 112 Å². The molecule has 224 valence electrons. The van der Waals surface area contributed by atoms with Gasteiger partial charge in [-0.3, -0.25) is 4.79 Å². The summed E-state index contributed by atoms with van der Waals surface area (Å²) >= 11 is 0. The fraction of sp³-hybridized carbons (Fsp3) is 0.893. The Bertz CT molecular complexity index is 836. The lowest BCUT2D eigenvalue weighted by molar-refractivity contribution is -0.327. The Labute approximate surface area is 230 Å². The Balaban J connectivity index is 1.56. The van der Waals surface area contributed by atoms with Crippen LogP contribution in [0.1, 0.15) is 72.1 Å². The molecular weight excluding hydrogens is 512 g/mol. The van der Waals surface area contributed by atoms with E-state index < -0.39 is 80.2 Å². The summed E-state index contributed by atoms with van der Waals surface area (Å²) in [6, 6.07) is 0. The van der Waals surface area contributed by atoms with Gasteiger partial charge in [0, 0.05) is 12.0 Å². The molecule has 4 aliphatic rings. The van der Waals surface area contributed by atoms with E-state index in [1.807, 2.05) is 13.0 Å². The van der Waals surface area contributed by atoms with Gasteiger partial charge in [-0.05, 0) is 44.9 Å². The number of carbonyl (C=O) groups is 1. The van der Waals surface area contributed by atoms with E-state index >= 15 is 0 Å². The average Bonchev–Trinajstić information content (AvgIpc) is 3.04. The standard InChI is InChI=1S/C28H46O11/c1-4-17(30)18-11-7-5-6-10-16-26(36-18)22(32)20(13-29)38-27(16)37-19-12-8-9-14(2)25(19)39-28-24(34)23(33)21(31)15(3)35-28/h10,14-15,18-29,31-34H,4-9,11-13H2,1-3H3. The maximum Gasteiger partial charge on any atom is 0.186 e. The van der Waals surface area contributed by atoms with E-state index in [4.69, 9.17) is 23.7 Å². The van der Waals surface area contributed by atoms with Crippen molar-refractivity contribution in [3.8, 4) is 0 Å². The van der Waals surface area contributed by atoms with E-state index in [-0.39, 0.29) is 11.7 Å². The first kappa shape index (κ1) is 31.0. The van der Waals surface area contributed by atoms with Gasteiger partial charge in [0.2, 0.25) is 0 Å². The van der Waals surface area contributed by atoms with Crippen molar-refractivity contribution in [1.29, 1.82) is 0 Å². The van der Waals surface area contributed by atoms with Crippen LogP contribution in [0.3, 0.4) is 0 Å². The zero-order valence-electron chi connectivity index (χ0n) is 23.1. The Kier molecular flexibility index (Phi) is 10.9. The maximum atomic E-state index is 12.6. The number of hydrogen-bond donors (Lipinski definition) is 5. The van der Waals surface area contributed by atoms with Crippen molar-refractivity contribution in [3.63, 3.8) is 0 Å². The molecule has 0 spiro atoms. The molecule has 0 aromatic rings. The van der Waals surface area contributed by atoms with Gasteiger partial charge in [0.25, 0.3) is 0 Å². The van der Waals surface area contributed by atoms with Gasteiger partial charge < -0.3 is 49.2 Å². The second-order valence-electron chi connectivity index (χ2n) is 11.4. The number of ketones is 1. The molecule has 3 fully saturated rings. The van der Waals surface area contributed by atoms with E-state index in [0.717, 1.165) is 25.7 Å². The third kappa shape index (κ3) is 6.91. The first-order valence-corrected chi connectivity index (χ1v) is 14.5. The predicted octanol–water partition coefficient (Wildman–Crippen LogP) is 0.716. The third-order valence-corrected chi connectivity index (χ3v) is 8.56. The molecule has 0 aromatic carbocycles. The van der Waals surface area contributed by atoms with Crippen molar-refractivity contribution in [3.05, 3.63) is 11.6 Å². The normalized spacial score (nSPS) is 45.8. The van der Waals surface area contributed by atoms with Crippen LogP contribution in [0.25, 0.3) is 0 Å². The molecule has 4 rings (SSSR count). The fourth-order valence-corrected chi connectivity index (χ4v) is 6.07. The highest BCUT2D eigenvalue weighted by atomic mass is 16.7. The van der Waals surface area contributed by atoms with Gasteiger partial charge in [-0.15, -0.1) is 0 Å². The number of fused-ring (bicyclic) bond motifs is 1. The number of Topliss-reactive ketones (excluding diaryl/α,β-unsaturated/α-hetero) is 1. The van der Waals surface area contributed by atoms with E-state index in [1.165, 1.54) is 0 Å². The summed E-state index contributed by atoms with van der Waals surface area (Å²) in [5.74, 6) is -0.00936. The highest BCUT2D eigenvalue weighted by Gasteiger charge is 2.48. The van der Waals surface area contributed by atoms with Crippen LogP contribution < -0.4 is 0 Å². The van der Waals surface area contributed by atoms with Crippen LogP contribution in [0.5, 0.6) is 0 Å². The van der Waals surface area contributed by atoms with Gasteiger partial charge in [0.1, 0.15) is 42.7 Å². The van der Waals surface area contributed by atoms with Crippen molar-refractivity contribution in [1.82, 2.24) is 0 Å². The quantitative estimate of drug-likeness (QED) is 0.280. The minimum absolute atomic E-state index is 0.0229. The molecule has 1 aliphatic carbocycles. The molecule has 5 N–H and O–H groups in total. The molecule has 0 amide bonds. The van der Waals surface area contributed by atoms with Crippen LogP contribution in [0.15, 0.2) is 11.6 Å². The first-order valence-electron chi connectivity index (χ1n) is 14.5. The Morgan fingerprint density at radius 3 is 2.41 bits per heavy atom. The Morgan fingerprint density at radius 1 is 0.923 bits per heavy atom. The summed E-state index contributed by atoms with van der Waals surface area (Å²) < 4.78 is 30.7. The Hall–Kier alpha value is -0.990. The summed E-state index contributed by atoms with van der Waals surface area (Å²) in [7, 11) is 0. The van der Waals surface area contributed by atoms with Gasteiger partial charge in [-0.2, -0.15) is 0 Å². The van der Waals surface area contributed by atoms with Crippen LogP contribution in [0.2, 0.25) is 0 Å². The molecule has 2 saturated heterocycles. The molecule has 3 aliphatic heterocycles. The van der Waals surface area contributed by atoms with Crippen LogP contribution in [-0.2, 0) is 28.5 Å². The zero-order valence-corrected chi connectivity index (χ0v) is 23.1. The number of carbonyl (C=O) groups excluding carboxylic acids is 1. The van der Waals surface area contributed by atoms with Gasteiger partial charge in [-0.25, -0.2) is 0 Å². The average molecular weight is 559 g/mol. The maximum absolute atomic E-state index is 12.6. The Morgan fingerprint density at radius 2 is 1.69 bits per heavy atom. The summed E-state index contributed by atoms with van der Waals surface area (Å²) in [4.78, 5) is 12.6. The van der Waals surface area contributed by atoms with Gasteiger partial charge in [-0.1, -0.05) is 32.8 Å². The molecule has 13 unspecified atom stereocenters. The second kappa shape index (κ2) is 13.8. The molecule has 13 atom stereocenters. The molecule has 1 saturated carbocycles. The minimum Gasteiger partial charge on any atom is -0.394 e. The van der Waals surface area contributed by atoms with Crippen LogP contribution in [0.4, 0.5) is 0 Å². The SMILES string of the molecule is CCC(=O)C1CCCCC=C2C(OC3CCCC(C)C3OC3OC(C)C(O)C(O)C3O)OC(CO)C(O)C2O1. The lowest BCUT2D eigenvalue weighted by Gasteiger charge is -2.46. The lowest BCUT2D eigenvalue weighted by Crippen LogP contribution is -2.59. The molecule has 11 nitrogen and oxygen atoms in total. The molecule has 0 radical (unpaired) electrons. The number of aliphatic hydroxyl groups excluding tert-OH is 5. The second-order valence-corrected chi connectivity index (χ2v) is 11.4. The number of ether oxygens (including phenoxy) is 5. The number of allylic oxidation sites excluding steroid dienone is 1. The van der Waals surface area contributed by atoms with Gasteiger partial charge >= 0.3 is 0 Å². The van der Waals surface area contributed by atoms with E-state index in [1.54, 1.807) is 13.8 Å². The highest BCUT2D eigenvalue weighted by molar-refractivity contribution is 5.82. The molecule has 3 heterocycles. The third-order valence-electron chi connectivity index (χ3n) is 8.56. The number of hydrogen-bond acceptors (Lipinski definition) is 11. The van der Waals surface area contributed by atoms with Crippen molar-refractivity contribution in [2.45, 2.75) is 146 Å². The van der Waals surface area contributed by atoms with E-state index in [9.17, 15) is 30.3 Å². The molecular formula is C28H46O11. The molecule has 0 aromatic heterocycles. The van der Waals surface area contributed by atoms with Crippen molar-refractivity contribution in [2.24, 2.45) is 5.92 Å². The van der Waals surface area contributed by atoms with Crippen molar-refractivity contribution < 1.29 is 54.0 Å². The topological polar surface area (TPSA) is 164 Å². The summed E-state index contributed by atoms with van der Waals surface area (Å²) in [6.45, 7) is 4.95. The predicted molar refractivity (Wildman–Crippen MR) is 137 cm³/mol. The number of aliphatic hydroxyl groups is 5. The molecule has 0 bridgehead atoms. The van der Waals surface area contributed by atoms with Crippen molar-refractivity contribution >= 4 is 5.78 Å². The summed E-state index contributed by atoms with van der Waals surface area (Å²) in [5, 5.41) is 51.9. The van der Waals surface area contributed by atoms with Crippen LogP contribution in [0, 0.1) is 5.92 Å². The van der Waals surface area contributed by atoms with Crippen LogP contribution >= 0.6 is 0 Å². The zero-order chi connectivity index (χ0) is 28.3. The van der Waals surface area contributed by atoms with Gasteiger partial charge in [0.15, 0.2) is 18.4 Å². The fourth-order valence-electron chi connectivity index (χ4n) is 6.07. The highest BCUT2D eigenvalue weighted by Crippen LogP contribution is 2.37. The largest absolute Gasteiger partial charge is 0.394 e. The first-order chi connectivity index (χ1) is 18.7. The monoisotopic (exact) mass is 558 g/mol. The van der Waals surface area contributed by atoms with Crippen molar-refractivity contribution in [2.75, 3.05) is 6.61 Å². The smallest absolute Gasteiger partial charge is 0.186 e. The van der Waals surface area contributed by atoms with E-state index in [0.29, 0.717) is 31.3 Å². The summed E-state index contributed by atoms with van der Waals surface area (Å²) in [6.07, 6.45) is -4.11. The number of rotatable bonds is 7. The van der Waals surface area contributed by atoms with E-state index in [2.05, 4.69) is 0 Å². The molecule has 11 heteroatoms. The molecule has 39 heavy (non-hydrogen) atoms. The van der Waals surface area contributed by atoms with Gasteiger partial charge in [0.05, 0.1) is 24.9 Å². The lowest BCUT2D eigenvalue weighted by atomic mass is 9.85. The summed E-state index contributed by atoms with van der Waals surface area (Å²) in [5.41, 5.74) is 0.584. The minimum atomic E-state index is -1.44.